The van der Waals surface area contributed by atoms with Crippen LogP contribution in [0.5, 0.6) is 0 Å². The van der Waals surface area contributed by atoms with Crippen LogP contribution in [0, 0.1) is 0 Å². The summed E-state index contributed by atoms with van der Waals surface area (Å²) in [7, 11) is 0. The maximum Gasteiger partial charge on any atom is 0.164 e. The lowest BCUT2D eigenvalue weighted by molar-refractivity contribution is 0.669. The highest BCUT2D eigenvalue weighted by molar-refractivity contribution is 6.30. The fourth-order valence-corrected chi connectivity index (χ4v) is 5.07. The molecule has 0 atom stereocenters. The molecule has 5 aromatic carbocycles. The summed E-state index contributed by atoms with van der Waals surface area (Å²) in [6, 6.07) is 40.0. The van der Waals surface area contributed by atoms with Crippen molar-refractivity contribution in [3.8, 4) is 45.3 Å². The summed E-state index contributed by atoms with van der Waals surface area (Å²) >= 11 is 6.33. The lowest BCUT2D eigenvalue weighted by Crippen LogP contribution is -2.00. The van der Waals surface area contributed by atoms with Gasteiger partial charge in [-0.1, -0.05) is 109 Å². The van der Waals surface area contributed by atoms with Crippen LogP contribution < -0.4 is 0 Å². The molecule has 0 fully saturated rings. The van der Waals surface area contributed by atoms with Crippen LogP contribution >= 0.6 is 11.6 Å². The molecule has 5 heteroatoms. The summed E-state index contributed by atoms with van der Waals surface area (Å²) in [6.07, 6.45) is 0. The topological polar surface area (TPSA) is 51.8 Å². The molecule has 0 amide bonds. The zero-order valence-electron chi connectivity index (χ0n) is 20.2. The molecule has 7 rings (SSSR count). The predicted octanol–water partition coefficient (Wildman–Crippen LogP) is 9.09. The van der Waals surface area contributed by atoms with Crippen molar-refractivity contribution in [3.05, 3.63) is 126 Å². The van der Waals surface area contributed by atoms with Gasteiger partial charge in [-0.2, -0.15) is 0 Å². The first kappa shape index (κ1) is 22.4. The number of furan rings is 1. The van der Waals surface area contributed by atoms with E-state index in [9.17, 15) is 0 Å². The molecule has 0 saturated heterocycles. The molecule has 0 aliphatic rings. The zero-order chi connectivity index (χ0) is 25.5. The van der Waals surface area contributed by atoms with E-state index < -0.39 is 0 Å². The molecular weight excluding hydrogens is 490 g/mol. The zero-order valence-corrected chi connectivity index (χ0v) is 20.9. The van der Waals surface area contributed by atoms with Gasteiger partial charge in [0.25, 0.3) is 0 Å². The van der Waals surface area contributed by atoms with Crippen molar-refractivity contribution in [2.45, 2.75) is 0 Å². The fourth-order valence-electron chi connectivity index (χ4n) is 4.88. The Morgan fingerprint density at radius 1 is 0.447 bits per heavy atom. The molecule has 0 bridgehead atoms. The minimum Gasteiger partial charge on any atom is -0.456 e. The highest BCUT2D eigenvalue weighted by Crippen LogP contribution is 2.41. The summed E-state index contributed by atoms with van der Waals surface area (Å²) in [5.41, 5.74) is 6.44. The molecule has 0 spiro atoms. The molecule has 4 nitrogen and oxygen atoms in total. The Morgan fingerprint density at radius 3 is 1.66 bits per heavy atom. The molecule has 2 aromatic heterocycles. The Balaban J connectivity index is 1.54. The van der Waals surface area contributed by atoms with Crippen molar-refractivity contribution in [1.82, 2.24) is 15.0 Å². The number of fused-ring (bicyclic) bond motifs is 3. The lowest BCUT2D eigenvalue weighted by atomic mass is 9.97. The van der Waals surface area contributed by atoms with E-state index >= 15 is 0 Å². The van der Waals surface area contributed by atoms with Gasteiger partial charge < -0.3 is 4.42 Å². The van der Waals surface area contributed by atoms with E-state index in [1.165, 1.54) is 0 Å². The second-order valence-corrected chi connectivity index (χ2v) is 9.44. The van der Waals surface area contributed by atoms with E-state index in [1.807, 2.05) is 103 Å². The molecule has 0 saturated carbocycles. The number of rotatable bonds is 4. The van der Waals surface area contributed by atoms with Crippen LogP contribution in [0.2, 0.25) is 5.02 Å². The van der Waals surface area contributed by atoms with Crippen LogP contribution in [-0.4, -0.2) is 15.0 Å². The van der Waals surface area contributed by atoms with Gasteiger partial charge in [0.2, 0.25) is 0 Å². The highest BCUT2D eigenvalue weighted by Gasteiger charge is 2.19. The van der Waals surface area contributed by atoms with Crippen LogP contribution in [0.3, 0.4) is 0 Å². The van der Waals surface area contributed by atoms with Gasteiger partial charge in [0, 0.05) is 32.5 Å². The Morgan fingerprint density at radius 2 is 0.974 bits per heavy atom. The van der Waals surface area contributed by atoms with Crippen molar-refractivity contribution < 1.29 is 4.42 Å². The third-order valence-corrected chi connectivity index (χ3v) is 6.83. The second kappa shape index (κ2) is 9.25. The Labute approximate surface area is 224 Å². The average molecular weight is 510 g/mol. The van der Waals surface area contributed by atoms with E-state index in [2.05, 4.69) is 18.2 Å². The van der Waals surface area contributed by atoms with Crippen LogP contribution in [0.1, 0.15) is 0 Å². The maximum atomic E-state index is 6.33. The van der Waals surface area contributed by atoms with Crippen molar-refractivity contribution in [3.63, 3.8) is 0 Å². The van der Waals surface area contributed by atoms with Gasteiger partial charge in [-0.15, -0.1) is 0 Å². The van der Waals surface area contributed by atoms with Crippen molar-refractivity contribution >= 4 is 33.5 Å². The molecular formula is C33H20ClN3O. The first-order valence-electron chi connectivity index (χ1n) is 12.3. The van der Waals surface area contributed by atoms with Gasteiger partial charge in [0.05, 0.1) is 0 Å². The molecule has 0 radical (unpaired) electrons. The number of hydrogen-bond donors (Lipinski definition) is 0. The standard InChI is InChI=1S/C33H20ClN3O/c34-24-15-7-14-23(20-24)32-35-31(22-12-5-2-6-13-22)36-33(37-32)26-17-9-19-28-30(26)29-25(16-8-18-27(29)38-28)21-10-3-1-4-11-21/h1-20H. The number of aromatic nitrogens is 3. The first-order chi connectivity index (χ1) is 18.7. The third kappa shape index (κ3) is 3.92. The molecule has 180 valence electrons. The molecule has 38 heavy (non-hydrogen) atoms. The van der Waals surface area contributed by atoms with E-state index in [4.69, 9.17) is 31.0 Å². The quantitative estimate of drug-likeness (QED) is 0.237. The van der Waals surface area contributed by atoms with Gasteiger partial charge in [0.15, 0.2) is 17.5 Å². The van der Waals surface area contributed by atoms with Gasteiger partial charge >= 0.3 is 0 Å². The number of nitrogens with zero attached hydrogens (tertiary/aromatic N) is 3. The molecule has 0 N–H and O–H groups in total. The first-order valence-corrected chi connectivity index (χ1v) is 12.7. The minimum absolute atomic E-state index is 0.560. The largest absolute Gasteiger partial charge is 0.456 e. The van der Waals surface area contributed by atoms with Crippen molar-refractivity contribution in [2.24, 2.45) is 0 Å². The Bertz CT molecular complexity index is 1930. The minimum atomic E-state index is 0.560. The fraction of sp³-hybridized carbons (Fsp3) is 0. The molecule has 7 aromatic rings. The normalized spacial score (nSPS) is 11.3. The number of benzene rings is 5. The average Bonchev–Trinajstić information content (AvgIpc) is 3.37. The number of halogens is 1. The summed E-state index contributed by atoms with van der Waals surface area (Å²) in [5, 5.41) is 2.64. The van der Waals surface area contributed by atoms with Crippen LogP contribution in [-0.2, 0) is 0 Å². The monoisotopic (exact) mass is 509 g/mol. The number of hydrogen-bond acceptors (Lipinski definition) is 4. The Hall–Kier alpha value is -4.80. The highest BCUT2D eigenvalue weighted by atomic mass is 35.5. The van der Waals surface area contributed by atoms with Gasteiger partial charge in [-0.3, -0.25) is 0 Å². The third-order valence-electron chi connectivity index (χ3n) is 6.60. The summed E-state index contributed by atoms with van der Waals surface area (Å²) in [4.78, 5) is 14.8. The predicted molar refractivity (Wildman–Crippen MR) is 154 cm³/mol. The molecule has 0 unspecified atom stereocenters. The maximum absolute atomic E-state index is 6.33. The molecule has 2 heterocycles. The van der Waals surface area contributed by atoms with E-state index in [0.717, 1.165) is 49.8 Å². The summed E-state index contributed by atoms with van der Waals surface area (Å²) in [5.74, 6) is 1.73. The van der Waals surface area contributed by atoms with E-state index in [0.29, 0.717) is 22.5 Å². The lowest BCUT2D eigenvalue weighted by Gasteiger charge is -2.10. The summed E-state index contributed by atoms with van der Waals surface area (Å²) in [6.45, 7) is 0. The molecule has 0 aliphatic heterocycles. The summed E-state index contributed by atoms with van der Waals surface area (Å²) < 4.78 is 6.33. The molecule has 0 aliphatic carbocycles. The van der Waals surface area contributed by atoms with Crippen LogP contribution in [0.15, 0.2) is 126 Å². The van der Waals surface area contributed by atoms with Crippen LogP contribution in [0.25, 0.3) is 67.2 Å². The van der Waals surface area contributed by atoms with Crippen molar-refractivity contribution in [2.75, 3.05) is 0 Å². The second-order valence-electron chi connectivity index (χ2n) is 9.01. The van der Waals surface area contributed by atoms with Crippen molar-refractivity contribution in [1.29, 1.82) is 0 Å². The van der Waals surface area contributed by atoms with E-state index in [-0.39, 0.29) is 0 Å². The van der Waals surface area contributed by atoms with Gasteiger partial charge in [-0.25, -0.2) is 15.0 Å². The van der Waals surface area contributed by atoms with Gasteiger partial charge in [-0.05, 0) is 35.4 Å². The van der Waals surface area contributed by atoms with E-state index in [1.54, 1.807) is 0 Å². The van der Waals surface area contributed by atoms with Gasteiger partial charge in [0.1, 0.15) is 11.2 Å². The Kier molecular flexibility index (Phi) is 5.46. The van der Waals surface area contributed by atoms with Crippen LogP contribution in [0.4, 0.5) is 0 Å². The SMILES string of the molecule is Clc1cccc(-c2nc(-c3ccccc3)nc(-c3cccc4oc5cccc(-c6ccccc6)c5c34)n2)c1. The smallest absolute Gasteiger partial charge is 0.164 e.